The Morgan fingerprint density at radius 2 is 1.18 bits per heavy atom. The molecule has 22 heavy (non-hydrogen) atoms. The number of nitrogens with zero attached hydrogens (tertiary/aromatic N) is 3. The molecule has 3 aromatic rings. The zero-order chi connectivity index (χ0) is 15.6. The predicted molar refractivity (Wildman–Crippen MR) is 88.6 cm³/mol. The summed E-state index contributed by atoms with van der Waals surface area (Å²) in [7, 11) is 0. The SMILES string of the molecule is CC(N)=C(c1ccccc1)c1ccccc1.c1cnnnc1. The van der Waals surface area contributed by atoms with Gasteiger partial charge in [0.05, 0.1) is 12.4 Å². The number of hydrogen-bond acceptors (Lipinski definition) is 4. The molecule has 1 heterocycles. The lowest BCUT2D eigenvalue weighted by Crippen LogP contribution is -1.99. The molecule has 0 radical (unpaired) electrons. The van der Waals surface area contributed by atoms with Crippen LogP contribution in [0.5, 0.6) is 0 Å². The van der Waals surface area contributed by atoms with Crippen molar-refractivity contribution in [2.24, 2.45) is 5.73 Å². The largest absolute Gasteiger partial charge is 0.402 e. The van der Waals surface area contributed by atoms with Gasteiger partial charge in [0.25, 0.3) is 0 Å². The van der Waals surface area contributed by atoms with Gasteiger partial charge in [-0.25, -0.2) is 0 Å². The summed E-state index contributed by atoms with van der Waals surface area (Å²) >= 11 is 0. The Balaban J connectivity index is 0.000000246. The third-order valence-corrected chi connectivity index (χ3v) is 2.93. The molecule has 110 valence electrons. The second-order valence-corrected chi connectivity index (χ2v) is 4.60. The molecule has 0 aliphatic heterocycles. The summed E-state index contributed by atoms with van der Waals surface area (Å²) in [4.78, 5) is 0. The highest BCUT2D eigenvalue weighted by atomic mass is 15.3. The molecule has 0 bridgehead atoms. The van der Waals surface area contributed by atoms with Crippen LogP contribution in [-0.2, 0) is 0 Å². The van der Waals surface area contributed by atoms with Crippen molar-refractivity contribution in [3.63, 3.8) is 0 Å². The van der Waals surface area contributed by atoms with Crippen molar-refractivity contribution in [3.8, 4) is 0 Å². The van der Waals surface area contributed by atoms with Crippen molar-refractivity contribution in [2.75, 3.05) is 0 Å². The molecule has 0 unspecified atom stereocenters. The van der Waals surface area contributed by atoms with Gasteiger partial charge in [0, 0.05) is 11.3 Å². The molecule has 1 aromatic heterocycles. The van der Waals surface area contributed by atoms with Crippen LogP contribution >= 0.6 is 0 Å². The Kier molecular flexibility index (Phi) is 5.81. The minimum Gasteiger partial charge on any atom is -0.402 e. The molecule has 0 aliphatic carbocycles. The van der Waals surface area contributed by atoms with Crippen LogP contribution in [0.4, 0.5) is 0 Å². The van der Waals surface area contributed by atoms with Gasteiger partial charge in [-0.15, -0.1) is 10.2 Å². The Labute approximate surface area is 130 Å². The molecule has 0 saturated heterocycles. The fraction of sp³-hybridized carbons (Fsp3) is 0.0556. The summed E-state index contributed by atoms with van der Waals surface area (Å²) < 4.78 is 0. The molecule has 0 aliphatic rings. The smallest absolute Gasteiger partial charge is 0.0529 e. The lowest BCUT2D eigenvalue weighted by molar-refractivity contribution is 0.865. The third kappa shape index (κ3) is 4.52. The zero-order valence-corrected chi connectivity index (χ0v) is 12.4. The highest BCUT2D eigenvalue weighted by Gasteiger charge is 2.05. The molecule has 0 fully saturated rings. The summed E-state index contributed by atoms with van der Waals surface area (Å²) in [6.45, 7) is 1.94. The Morgan fingerprint density at radius 1 is 0.727 bits per heavy atom. The van der Waals surface area contributed by atoms with Gasteiger partial charge in [-0.05, 0) is 29.3 Å². The lowest BCUT2D eigenvalue weighted by Gasteiger charge is -2.10. The number of allylic oxidation sites excluding steroid dienone is 1. The van der Waals surface area contributed by atoms with E-state index in [1.165, 1.54) is 0 Å². The number of benzene rings is 2. The maximum Gasteiger partial charge on any atom is 0.0529 e. The molecule has 2 aromatic carbocycles. The van der Waals surface area contributed by atoms with Gasteiger partial charge in [0.2, 0.25) is 0 Å². The average molecular weight is 290 g/mol. The minimum absolute atomic E-state index is 0.845. The topological polar surface area (TPSA) is 64.7 Å². The molecular formula is C18H18N4. The van der Waals surface area contributed by atoms with Crippen LogP contribution in [0.3, 0.4) is 0 Å². The van der Waals surface area contributed by atoms with Gasteiger partial charge < -0.3 is 5.73 Å². The number of rotatable bonds is 2. The van der Waals surface area contributed by atoms with E-state index in [1.54, 1.807) is 18.5 Å². The summed E-state index contributed by atoms with van der Waals surface area (Å²) in [5, 5.41) is 10.1. The molecular weight excluding hydrogens is 272 g/mol. The molecule has 0 amide bonds. The number of aromatic nitrogens is 3. The van der Waals surface area contributed by atoms with E-state index in [0.29, 0.717) is 0 Å². The van der Waals surface area contributed by atoms with Crippen LogP contribution in [0.15, 0.2) is 84.8 Å². The molecule has 0 spiro atoms. The van der Waals surface area contributed by atoms with Gasteiger partial charge in [-0.1, -0.05) is 60.7 Å². The van der Waals surface area contributed by atoms with Gasteiger partial charge in [-0.2, -0.15) is 0 Å². The van der Waals surface area contributed by atoms with E-state index in [9.17, 15) is 0 Å². The quantitative estimate of drug-likeness (QED) is 0.786. The van der Waals surface area contributed by atoms with Gasteiger partial charge in [-0.3, -0.25) is 0 Å². The molecule has 0 atom stereocenters. The third-order valence-electron chi connectivity index (χ3n) is 2.93. The van der Waals surface area contributed by atoms with Crippen molar-refractivity contribution < 1.29 is 0 Å². The maximum absolute atomic E-state index is 5.98. The summed E-state index contributed by atoms with van der Waals surface area (Å²) in [5.41, 5.74) is 10.3. The second kappa shape index (κ2) is 8.32. The zero-order valence-electron chi connectivity index (χ0n) is 12.4. The normalized spacial score (nSPS) is 9.32. The first-order valence-corrected chi connectivity index (χ1v) is 6.94. The number of nitrogens with two attached hydrogens (primary N) is 1. The van der Waals surface area contributed by atoms with E-state index in [2.05, 4.69) is 39.7 Å². The average Bonchev–Trinajstić information content (AvgIpc) is 2.59. The van der Waals surface area contributed by atoms with Crippen molar-refractivity contribution in [1.82, 2.24) is 15.4 Å². The van der Waals surface area contributed by atoms with E-state index in [4.69, 9.17) is 5.73 Å². The molecule has 4 nitrogen and oxygen atoms in total. The van der Waals surface area contributed by atoms with Gasteiger partial charge in [0.1, 0.15) is 0 Å². The van der Waals surface area contributed by atoms with Gasteiger partial charge in [0.15, 0.2) is 0 Å². The van der Waals surface area contributed by atoms with Crippen molar-refractivity contribution in [2.45, 2.75) is 6.92 Å². The van der Waals surface area contributed by atoms with E-state index in [1.807, 2.05) is 43.3 Å². The fourth-order valence-corrected chi connectivity index (χ4v) is 2.04. The highest BCUT2D eigenvalue weighted by molar-refractivity contribution is 5.81. The van der Waals surface area contributed by atoms with Crippen LogP contribution in [0.1, 0.15) is 18.1 Å². The monoisotopic (exact) mass is 290 g/mol. The Bertz CT molecular complexity index is 623. The molecule has 2 N–H and O–H groups in total. The second-order valence-electron chi connectivity index (χ2n) is 4.60. The van der Waals surface area contributed by atoms with Gasteiger partial charge >= 0.3 is 0 Å². The summed E-state index contributed by atoms with van der Waals surface area (Å²) in [6.07, 6.45) is 3.15. The molecule has 4 heteroatoms. The number of hydrogen-bond donors (Lipinski definition) is 1. The lowest BCUT2D eigenvalue weighted by atomic mass is 9.96. The Morgan fingerprint density at radius 3 is 1.45 bits per heavy atom. The first-order chi connectivity index (χ1) is 10.8. The van der Waals surface area contributed by atoms with Crippen LogP contribution in [0, 0.1) is 0 Å². The highest BCUT2D eigenvalue weighted by Crippen LogP contribution is 2.24. The van der Waals surface area contributed by atoms with E-state index < -0.39 is 0 Å². The fourth-order valence-electron chi connectivity index (χ4n) is 2.04. The van der Waals surface area contributed by atoms with Crippen LogP contribution in [0.25, 0.3) is 5.57 Å². The predicted octanol–water partition coefficient (Wildman–Crippen LogP) is 3.30. The first kappa shape index (κ1) is 15.4. The van der Waals surface area contributed by atoms with Crippen LogP contribution < -0.4 is 5.73 Å². The van der Waals surface area contributed by atoms with Crippen molar-refractivity contribution in [1.29, 1.82) is 0 Å². The van der Waals surface area contributed by atoms with Crippen molar-refractivity contribution >= 4 is 5.57 Å². The first-order valence-electron chi connectivity index (χ1n) is 6.94. The summed E-state index contributed by atoms with van der Waals surface area (Å²) in [5.74, 6) is 0. The maximum atomic E-state index is 5.98. The van der Waals surface area contributed by atoms with E-state index in [-0.39, 0.29) is 0 Å². The van der Waals surface area contributed by atoms with Crippen molar-refractivity contribution in [3.05, 3.63) is 95.9 Å². The standard InChI is InChI=1S/C15H15N.C3H3N3/c1-12(16)15(13-8-4-2-5-9-13)14-10-6-3-7-11-14;1-2-4-6-5-3-1/h2-11H,16H2,1H3;1-3H. The van der Waals surface area contributed by atoms with E-state index >= 15 is 0 Å². The molecule has 3 rings (SSSR count). The minimum atomic E-state index is 0.845. The van der Waals surface area contributed by atoms with E-state index in [0.717, 1.165) is 22.4 Å². The molecule has 0 saturated carbocycles. The Hall–Kier alpha value is -3.01. The van der Waals surface area contributed by atoms with Crippen LogP contribution in [0.2, 0.25) is 0 Å². The summed E-state index contributed by atoms with van der Waals surface area (Å²) in [6, 6.07) is 22.2. The van der Waals surface area contributed by atoms with Crippen LogP contribution in [-0.4, -0.2) is 15.4 Å².